The maximum absolute atomic E-state index is 13.3. The Bertz CT molecular complexity index is 1420. The van der Waals surface area contributed by atoms with Crippen LogP contribution >= 0.6 is 0 Å². The summed E-state index contributed by atoms with van der Waals surface area (Å²) in [5.41, 5.74) is 6.40. The molecule has 0 radical (unpaired) electrons. The van der Waals surface area contributed by atoms with Gasteiger partial charge in [0.1, 0.15) is 6.04 Å². The molecule has 0 bridgehead atoms. The first-order valence-electron chi connectivity index (χ1n) is 12.9. The quantitative estimate of drug-likeness (QED) is 0.192. The van der Waals surface area contributed by atoms with Crippen molar-refractivity contribution in [2.45, 2.75) is 36.7 Å². The largest absolute Gasteiger partial charge is 0.370 e. The Morgan fingerprint density at radius 2 is 1.62 bits per heavy atom. The summed E-state index contributed by atoms with van der Waals surface area (Å²) in [5, 5.41) is 14.8. The average molecular weight is 551 g/mol. The van der Waals surface area contributed by atoms with E-state index in [0.717, 1.165) is 29.2 Å². The number of benzene rings is 3. The number of guanidine groups is 1. The van der Waals surface area contributed by atoms with Crippen molar-refractivity contribution >= 4 is 38.6 Å². The maximum Gasteiger partial charge on any atom is 0.241 e. The number of carbonyl (C=O) groups is 2. The monoisotopic (exact) mass is 550 g/mol. The summed E-state index contributed by atoms with van der Waals surface area (Å²) in [6.45, 7) is 1.89. The fourth-order valence-corrected chi connectivity index (χ4v) is 5.81. The summed E-state index contributed by atoms with van der Waals surface area (Å²) in [6.07, 6.45) is 1.20. The molecule has 206 valence electrons. The zero-order valence-corrected chi connectivity index (χ0v) is 22.4. The standard InChI is InChI=1S/C28H34N6O4S/c29-28(30)34-14-12-21(13-15-34)18-31-26(35)17-25(27(36)32-19-20-6-2-1-3-7-20)33-39(37,38)24-11-10-22-8-4-5-9-23(22)16-24/h1-11,16,21,25,33H,12-15,17-19H2,(H3,29,30)(H,31,35)(H,32,36). The topological polar surface area (TPSA) is 157 Å². The summed E-state index contributed by atoms with van der Waals surface area (Å²) >= 11 is 0. The second kappa shape index (κ2) is 12.7. The summed E-state index contributed by atoms with van der Waals surface area (Å²) in [5.74, 6) is -0.761. The van der Waals surface area contributed by atoms with Crippen molar-refractivity contribution in [2.24, 2.45) is 11.7 Å². The normalized spacial score (nSPS) is 15.0. The van der Waals surface area contributed by atoms with Crippen molar-refractivity contribution in [1.82, 2.24) is 20.3 Å². The van der Waals surface area contributed by atoms with Gasteiger partial charge in [0, 0.05) is 26.2 Å². The van der Waals surface area contributed by atoms with E-state index in [4.69, 9.17) is 11.1 Å². The second-order valence-electron chi connectivity index (χ2n) is 9.71. The molecule has 1 unspecified atom stereocenters. The lowest BCUT2D eigenvalue weighted by Gasteiger charge is -2.32. The molecule has 0 saturated carbocycles. The number of rotatable bonds is 10. The first kappa shape index (κ1) is 28.1. The third kappa shape index (κ3) is 7.78. The van der Waals surface area contributed by atoms with Crippen molar-refractivity contribution in [1.29, 1.82) is 5.41 Å². The number of carbonyl (C=O) groups excluding carboxylic acids is 2. The molecule has 1 aliphatic heterocycles. The van der Waals surface area contributed by atoms with Crippen molar-refractivity contribution in [3.05, 3.63) is 78.4 Å². The highest BCUT2D eigenvalue weighted by atomic mass is 32.2. The first-order chi connectivity index (χ1) is 18.7. The van der Waals surface area contributed by atoms with Crippen LogP contribution in [0.5, 0.6) is 0 Å². The first-order valence-corrected chi connectivity index (χ1v) is 14.4. The fourth-order valence-electron chi connectivity index (χ4n) is 4.58. The van der Waals surface area contributed by atoms with Crippen LogP contribution in [0.1, 0.15) is 24.8 Å². The van der Waals surface area contributed by atoms with Crippen LogP contribution in [0.3, 0.4) is 0 Å². The van der Waals surface area contributed by atoms with E-state index in [-0.39, 0.29) is 29.7 Å². The van der Waals surface area contributed by atoms with Crippen LogP contribution in [0, 0.1) is 11.3 Å². The van der Waals surface area contributed by atoms with Gasteiger partial charge in [0.25, 0.3) is 0 Å². The van der Waals surface area contributed by atoms with Gasteiger partial charge in [-0.05, 0) is 47.2 Å². The summed E-state index contributed by atoms with van der Waals surface area (Å²) < 4.78 is 29.0. The number of likely N-dealkylation sites (tertiary alicyclic amines) is 1. The molecule has 0 aliphatic carbocycles. The highest BCUT2D eigenvalue weighted by Gasteiger charge is 2.29. The van der Waals surface area contributed by atoms with E-state index in [1.165, 1.54) is 6.07 Å². The molecular formula is C28H34N6O4S. The zero-order chi connectivity index (χ0) is 27.8. The van der Waals surface area contributed by atoms with E-state index in [1.807, 2.05) is 54.6 Å². The number of nitrogens with one attached hydrogen (secondary N) is 4. The van der Waals surface area contributed by atoms with E-state index in [2.05, 4.69) is 15.4 Å². The molecule has 3 aromatic rings. The van der Waals surface area contributed by atoms with Crippen LogP contribution in [0.15, 0.2) is 77.7 Å². The van der Waals surface area contributed by atoms with Crippen LogP contribution < -0.4 is 21.1 Å². The molecule has 1 atom stereocenters. The Balaban J connectivity index is 1.43. The number of fused-ring (bicyclic) bond motifs is 1. The Morgan fingerprint density at radius 1 is 0.949 bits per heavy atom. The fraction of sp³-hybridized carbons (Fsp3) is 0.321. The van der Waals surface area contributed by atoms with Gasteiger partial charge in [-0.2, -0.15) is 4.72 Å². The van der Waals surface area contributed by atoms with E-state index in [0.29, 0.717) is 19.6 Å². The molecule has 1 aliphatic rings. The number of nitrogens with two attached hydrogens (primary N) is 1. The lowest BCUT2D eigenvalue weighted by Crippen LogP contribution is -2.49. The lowest BCUT2D eigenvalue weighted by atomic mass is 9.97. The van der Waals surface area contributed by atoms with Gasteiger partial charge in [0.2, 0.25) is 21.8 Å². The molecule has 10 nitrogen and oxygen atoms in total. The molecule has 6 N–H and O–H groups in total. The van der Waals surface area contributed by atoms with Gasteiger partial charge in [0.05, 0.1) is 11.3 Å². The molecule has 4 rings (SSSR count). The van der Waals surface area contributed by atoms with Gasteiger partial charge in [-0.25, -0.2) is 8.42 Å². The Hall–Kier alpha value is -3.96. The van der Waals surface area contributed by atoms with Crippen molar-refractivity contribution < 1.29 is 18.0 Å². The predicted molar refractivity (Wildman–Crippen MR) is 150 cm³/mol. The SMILES string of the molecule is N=C(N)N1CCC(CNC(=O)CC(NS(=O)(=O)c2ccc3ccccc3c2)C(=O)NCc2ccccc2)CC1. The van der Waals surface area contributed by atoms with Gasteiger partial charge in [-0.3, -0.25) is 15.0 Å². The van der Waals surface area contributed by atoms with E-state index in [1.54, 1.807) is 17.0 Å². The smallest absolute Gasteiger partial charge is 0.241 e. The number of amides is 2. The number of hydrogen-bond acceptors (Lipinski definition) is 5. The number of hydrogen-bond donors (Lipinski definition) is 5. The molecule has 11 heteroatoms. The minimum atomic E-state index is -4.10. The van der Waals surface area contributed by atoms with Gasteiger partial charge < -0.3 is 21.3 Å². The third-order valence-electron chi connectivity index (χ3n) is 6.89. The molecule has 0 aromatic heterocycles. The van der Waals surface area contributed by atoms with E-state index >= 15 is 0 Å². The van der Waals surface area contributed by atoms with Gasteiger partial charge in [0.15, 0.2) is 5.96 Å². The van der Waals surface area contributed by atoms with Crippen LogP contribution in [0.2, 0.25) is 0 Å². The van der Waals surface area contributed by atoms with Crippen molar-refractivity contribution in [3.8, 4) is 0 Å². The van der Waals surface area contributed by atoms with E-state index in [9.17, 15) is 18.0 Å². The maximum atomic E-state index is 13.3. The highest BCUT2D eigenvalue weighted by Crippen LogP contribution is 2.20. The van der Waals surface area contributed by atoms with Crippen molar-refractivity contribution in [3.63, 3.8) is 0 Å². The van der Waals surface area contributed by atoms with E-state index < -0.39 is 27.9 Å². The summed E-state index contributed by atoms with van der Waals surface area (Å²) in [7, 11) is -4.10. The third-order valence-corrected chi connectivity index (χ3v) is 8.36. The minimum Gasteiger partial charge on any atom is -0.370 e. The predicted octanol–water partition coefficient (Wildman–Crippen LogP) is 1.91. The van der Waals surface area contributed by atoms with Crippen LogP contribution in [-0.2, 0) is 26.2 Å². The average Bonchev–Trinajstić information content (AvgIpc) is 2.94. The zero-order valence-electron chi connectivity index (χ0n) is 21.6. The molecule has 3 aromatic carbocycles. The van der Waals surface area contributed by atoms with Crippen molar-refractivity contribution in [2.75, 3.05) is 19.6 Å². The minimum absolute atomic E-state index is 0.0136. The molecule has 39 heavy (non-hydrogen) atoms. The van der Waals surface area contributed by atoms with Crippen LogP contribution in [0.25, 0.3) is 10.8 Å². The number of sulfonamides is 1. The Labute approximate surface area is 228 Å². The van der Waals surface area contributed by atoms with Gasteiger partial charge >= 0.3 is 0 Å². The van der Waals surface area contributed by atoms with Gasteiger partial charge in [-0.15, -0.1) is 0 Å². The molecular weight excluding hydrogens is 516 g/mol. The summed E-state index contributed by atoms with van der Waals surface area (Å²) in [6, 6.07) is 20.1. The van der Waals surface area contributed by atoms with Crippen LogP contribution in [0.4, 0.5) is 0 Å². The second-order valence-corrected chi connectivity index (χ2v) is 11.4. The lowest BCUT2D eigenvalue weighted by molar-refractivity contribution is -0.128. The number of piperidine rings is 1. The highest BCUT2D eigenvalue weighted by molar-refractivity contribution is 7.89. The summed E-state index contributed by atoms with van der Waals surface area (Å²) in [4.78, 5) is 27.8. The molecule has 1 heterocycles. The molecule has 1 fully saturated rings. The van der Waals surface area contributed by atoms with Gasteiger partial charge in [-0.1, -0.05) is 60.7 Å². The Kier molecular flexibility index (Phi) is 9.15. The molecule has 1 saturated heterocycles. The molecule has 0 spiro atoms. The molecule has 2 amide bonds. The Morgan fingerprint density at radius 3 is 2.31 bits per heavy atom. The van der Waals surface area contributed by atoms with Crippen LogP contribution in [-0.4, -0.2) is 56.8 Å². The number of nitrogens with zero attached hydrogens (tertiary/aromatic N) is 1.